The first kappa shape index (κ1) is 13.1. The topological polar surface area (TPSA) is 83.5 Å². The third kappa shape index (κ3) is 3.29. The SMILES string of the molecule is CCC[C@@H](NS(=O)(=O)c1cccs1)C(=O)O. The number of carboxylic acid groups (broad SMARTS) is 1. The molecule has 0 aliphatic heterocycles. The Labute approximate surface area is 98.2 Å². The summed E-state index contributed by atoms with van der Waals surface area (Å²) in [5.41, 5.74) is 0. The molecule has 5 nitrogen and oxygen atoms in total. The number of carbonyl (C=O) groups is 1. The van der Waals surface area contributed by atoms with Crippen LogP contribution in [-0.2, 0) is 14.8 Å². The molecule has 90 valence electrons. The Kier molecular flexibility index (Phi) is 4.45. The maximum Gasteiger partial charge on any atom is 0.321 e. The van der Waals surface area contributed by atoms with Crippen molar-refractivity contribution in [3.05, 3.63) is 17.5 Å². The van der Waals surface area contributed by atoms with Crippen LogP contribution in [0, 0.1) is 0 Å². The molecule has 1 aromatic rings. The summed E-state index contributed by atoms with van der Waals surface area (Å²) in [4.78, 5) is 10.8. The van der Waals surface area contributed by atoms with Crippen molar-refractivity contribution in [1.82, 2.24) is 4.72 Å². The fraction of sp³-hybridized carbons (Fsp3) is 0.444. The highest BCUT2D eigenvalue weighted by Gasteiger charge is 2.24. The van der Waals surface area contributed by atoms with E-state index < -0.39 is 22.0 Å². The van der Waals surface area contributed by atoms with Gasteiger partial charge in [0.15, 0.2) is 0 Å². The standard InChI is InChI=1S/C9H13NO4S2/c1-2-4-7(9(11)12)10-16(13,14)8-5-3-6-15-8/h3,5-7,10H,2,4H2,1H3,(H,11,12)/t7-/m1/s1. The van der Waals surface area contributed by atoms with Crippen molar-refractivity contribution in [2.24, 2.45) is 0 Å². The van der Waals surface area contributed by atoms with Crippen LogP contribution in [0.3, 0.4) is 0 Å². The number of rotatable bonds is 6. The van der Waals surface area contributed by atoms with Crippen molar-refractivity contribution >= 4 is 27.3 Å². The lowest BCUT2D eigenvalue weighted by Crippen LogP contribution is -2.40. The average molecular weight is 263 g/mol. The molecule has 2 N–H and O–H groups in total. The van der Waals surface area contributed by atoms with Gasteiger partial charge >= 0.3 is 5.97 Å². The van der Waals surface area contributed by atoms with Gasteiger partial charge in [0, 0.05) is 0 Å². The Morgan fingerprint density at radius 2 is 2.31 bits per heavy atom. The minimum absolute atomic E-state index is 0.134. The molecule has 0 radical (unpaired) electrons. The third-order valence-corrected chi connectivity index (χ3v) is 4.80. The molecule has 1 rings (SSSR count). The van der Waals surface area contributed by atoms with Crippen LogP contribution in [0.2, 0.25) is 0 Å². The zero-order valence-electron chi connectivity index (χ0n) is 8.71. The zero-order chi connectivity index (χ0) is 12.2. The van der Waals surface area contributed by atoms with Gasteiger partial charge in [0.25, 0.3) is 10.0 Å². The number of carboxylic acids is 1. The van der Waals surface area contributed by atoms with E-state index in [4.69, 9.17) is 5.11 Å². The molecule has 0 aromatic carbocycles. The van der Waals surface area contributed by atoms with E-state index in [-0.39, 0.29) is 10.6 Å². The molecule has 0 fully saturated rings. The van der Waals surface area contributed by atoms with Crippen LogP contribution in [0.5, 0.6) is 0 Å². The second-order valence-electron chi connectivity index (χ2n) is 3.23. The fourth-order valence-corrected chi connectivity index (χ4v) is 3.42. The summed E-state index contributed by atoms with van der Waals surface area (Å²) in [6, 6.07) is 1.99. The van der Waals surface area contributed by atoms with Crippen molar-refractivity contribution in [2.45, 2.75) is 30.0 Å². The van der Waals surface area contributed by atoms with E-state index in [1.165, 1.54) is 6.07 Å². The first-order chi connectivity index (χ1) is 7.47. The van der Waals surface area contributed by atoms with Crippen molar-refractivity contribution in [3.8, 4) is 0 Å². The predicted octanol–water partition coefficient (Wildman–Crippen LogP) is 1.28. The highest BCUT2D eigenvalue weighted by Crippen LogP contribution is 2.16. The van der Waals surface area contributed by atoms with E-state index in [1.54, 1.807) is 18.4 Å². The summed E-state index contributed by atoms with van der Waals surface area (Å²) in [6.45, 7) is 1.80. The minimum atomic E-state index is -3.70. The van der Waals surface area contributed by atoms with Gasteiger partial charge in [-0.15, -0.1) is 11.3 Å². The summed E-state index contributed by atoms with van der Waals surface area (Å²) >= 11 is 1.06. The van der Waals surface area contributed by atoms with Crippen molar-refractivity contribution in [2.75, 3.05) is 0 Å². The molecule has 0 amide bonds. The smallest absolute Gasteiger partial charge is 0.321 e. The Bertz CT molecular complexity index is 438. The lowest BCUT2D eigenvalue weighted by atomic mass is 10.2. The van der Waals surface area contributed by atoms with E-state index in [1.807, 2.05) is 0 Å². The van der Waals surface area contributed by atoms with Crippen LogP contribution in [0.15, 0.2) is 21.7 Å². The van der Waals surface area contributed by atoms with Crippen molar-refractivity contribution in [3.63, 3.8) is 0 Å². The molecule has 0 saturated carbocycles. The van der Waals surface area contributed by atoms with Crippen LogP contribution >= 0.6 is 11.3 Å². The van der Waals surface area contributed by atoms with E-state index in [0.29, 0.717) is 6.42 Å². The minimum Gasteiger partial charge on any atom is -0.480 e. The molecule has 0 spiro atoms. The molecule has 0 bridgehead atoms. The Balaban J connectivity index is 2.82. The number of aliphatic carboxylic acids is 1. The molecule has 1 heterocycles. The Morgan fingerprint density at radius 1 is 1.62 bits per heavy atom. The average Bonchev–Trinajstić information content (AvgIpc) is 2.69. The lowest BCUT2D eigenvalue weighted by Gasteiger charge is -2.12. The zero-order valence-corrected chi connectivity index (χ0v) is 10.3. The number of thiophene rings is 1. The van der Waals surface area contributed by atoms with Crippen LogP contribution < -0.4 is 4.72 Å². The van der Waals surface area contributed by atoms with Crippen LogP contribution in [0.4, 0.5) is 0 Å². The van der Waals surface area contributed by atoms with E-state index in [2.05, 4.69) is 4.72 Å². The molecule has 0 unspecified atom stereocenters. The number of nitrogens with one attached hydrogen (secondary N) is 1. The lowest BCUT2D eigenvalue weighted by molar-refractivity contribution is -0.139. The molecular weight excluding hydrogens is 250 g/mol. The highest BCUT2D eigenvalue weighted by atomic mass is 32.2. The molecule has 0 aliphatic rings. The number of hydrogen-bond acceptors (Lipinski definition) is 4. The van der Waals surface area contributed by atoms with Gasteiger partial charge in [-0.05, 0) is 17.9 Å². The van der Waals surface area contributed by atoms with Gasteiger partial charge in [-0.25, -0.2) is 8.42 Å². The van der Waals surface area contributed by atoms with Gasteiger partial charge in [-0.3, -0.25) is 4.79 Å². The Hall–Kier alpha value is -0.920. The van der Waals surface area contributed by atoms with Gasteiger partial charge in [-0.2, -0.15) is 4.72 Å². The van der Waals surface area contributed by atoms with Crippen LogP contribution in [-0.4, -0.2) is 25.5 Å². The number of hydrogen-bond donors (Lipinski definition) is 2. The molecule has 0 saturated heterocycles. The molecule has 1 aromatic heterocycles. The van der Waals surface area contributed by atoms with E-state index in [0.717, 1.165) is 11.3 Å². The normalized spacial score (nSPS) is 13.6. The van der Waals surface area contributed by atoms with Gasteiger partial charge in [0.2, 0.25) is 0 Å². The second kappa shape index (κ2) is 5.42. The maximum absolute atomic E-state index is 11.7. The summed E-state index contributed by atoms with van der Waals surface area (Å²) in [7, 11) is -3.70. The molecule has 16 heavy (non-hydrogen) atoms. The molecule has 0 aliphatic carbocycles. The molecule has 1 atom stereocenters. The van der Waals surface area contributed by atoms with Gasteiger partial charge in [0.05, 0.1) is 0 Å². The Morgan fingerprint density at radius 3 is 2.75 bits per heavy atom. The quantitative estimate of drug-likeness (QED) is 0.809. The van der Waals surface area contributed by atoms with Crippen LogP contribution in [0.25, 0.3) is 0 Å². The van der Waals surface area contributed by atoms with Gasteiger partial charge in [0.1, 0.15) is 10.3 Å². The molecular formula is C9H13NO4S2. The fourth-order valence-electron chi connectivity index (χ4n) is 1.18. The summed E-state index contributed by atoms with van der Waals surface area (Å²) in [5, 5.41) is 10.5. The van der Waals surface area contributed by atoms with Crippen molar-refractivity contribution < 1.29 is 18.3 Å². The summed E-state index contributed by atoms with van der Waals surface area (Å²) in [6.07, 6.45) is 0.879. The first-order valence-electron chi connectivity index (χ1n) is 4.76. The maximum atomic E-state index is 11.7. The third-order valence-electron chi connectivity index (χ3n) is 1.93. The monoisotopic (exact) mass is 263 g/mol. The predicted molar refractivity (Wildman–Crippen MR) is 61.0 cm³/mol. The molecule has 7 heteroatoms. The van der Waals surface area contributed by atoms with E-state index in [9.17, 15) is 13.2 Å². The van der Waals surface area contributed by atoms with Crippen LogP contribution in [0.1, 0.15) is 19.8 Å². The van der Waals surface area contributed by atoms with Gasteiger partial charge < -0.3 is 5.11 Å². The summed E-state index contributed by atoms with van der Waals surface area (Å²) < 4.78 is 25.8. The van der Waals surface area contributed by atoms with E-state index >= 15 is 0 Å². The van der Waals surface area contributed by atoms with Crippen molar-refractivity contribution in [1.29, 1.82) is 0 Å². The highest BCUT2D eigenvalue weighted by molar-refractivity contribution is 7.91. The van der Waals surface area contributed by atoms with Gasteiger partial charge in [-0.1, -0.05) is 19.4 Å². The number of sulfonamides is 1. The largest absolute Gasteiger partial charge is 0.480 e. The summed E-state index contributed by atoms with van der Waals surface area (Å²) in [5.74, 6) is -1.15. The second-order valence-corrected chi connectivity index (χ2v) is 6.12. The first-order valence-corrected chi connectivity index (χ1v) is 7.12.